The summed E-state index contributed by atoms with van der Waals surface area (Å²) < 4.78 is 13.7. The quantitative estimate of drug-likeness (QED) is 0.367. The molecule has 5 heterocycles. The monoisotopic (exact) mass is 546 g/mol. The largest absolute Gasteiger partial charge is 0.444 e. The molecule has 10 heteroatoms. The van der Waals surface area contributed by atoms with Gasteiger partial charge in [0.25, 0.3) is 0 Å². The lowest BCUT2D eigenvalue weighted by molar-refractivity contribution is 0.0434. The van der Waals surface area contributed by atoms with Gasteiger partial charge in [-0.1, -0.05) is 23.9 Å². The average molecular weight is 547 g/mol. The molecule has 3 aromatic heterocycles. The van der Waals surface area contributed by atoms with Crippen molar-refractivity contribution in [1.29, 1.82) is 0 Å². The van der Waals surface area contributed by atoms with Crippen molar-refractivity contribution in [3.8, 4) is 0 Å². The van der Waals surface area contributed by atoms with Gasteiger partial charge in [0.2, 0.25) is 5.95 Å². The first-order chi connectivity index (χ1) is 18.7. The molecule has 2 aliphatic rings. The molecule has 0 saturated carbocycles. The molecule has 39 heavy (non-hydrogen) atoms. The number of anilines is 1. The highest BCUT2D eigenvalue weighted by Crippen LogP contribution is 2.43. The lowest BCUT2D eigenvalue weighted by atomic mass is 9.73. The topological polar surface area (TPSA) is 93.9 Å². The van der Waals surface area contributed by atoms with Crippen LogP contribution < -0.4 is 10.2 Å². The molecule has 1 N–H and O–H groups in total. The molecule has 2 fully saturated rings. The Labute approximate surface area is 232 Å². The van der Waals surface area contributed by atoms with Crippen LogP contribution in [0.15, 0.2) is 64.9 Å². The van der Waals surface area contributed by atoms with Crippen LogP contribution in [0.4, 0.5) is 10.7 Å². The molecule has 0 bridgehead atoms. The fourth-order valence-electron chi connectivity index (χ4n) is 5.77. The van der Waals surface area contributed by atoms with Crippen LogP contribution in [0.25, 0.3) is 16.6 Å². The number of pyridine rings is 1. The number of benzene rings is 1. The fourth-order valence-corrected chi connectivity index (χ4v) is 6.78. The molecule has 1 spiro atoms. The minimum atomic E-state index is -0.542. The number of imidazole rings is 1. The summed E-state index contributed by atoms with van der Waals surface area (Å²) in [4.78, 5) is 31.1. The van der Waals surface area contributed by atoms with Gasteiger partial charge in [-0.25, -0.2) is 14.8 Å². The normalized spacial score (nSPS) is 21.1. The van der Waals surface area contributed by atoms with E-state index in [0.717, 1.165) is 58.2 Å². The maximum Gasteiger partial charge on any atom is 0.407 e. The van der Waals surface area contributed by atoms with Gasteiger partial charge in [-0.2, -0.15) is 0 Å². The molecule has 9 nitrogen and oxygen atoms in total. The highest BCUT2D eigenvalue weighted by Gasteiger charge is 2.50. The molecule has 0 radical (unpaired) electrons. The zero-order valence-corrected chi connectivity index (χ0v) is 23.6. The number of carbonyl (C=O) groups is 1. The number of amides is 1. The van der Waals surface area contributed by atoms with Crippen LogP contribution in [0.5, 0.6) is 0 Å². The zero-order valence-electron chi connectivity index (χ0n) is 22.8. The Hall–Kier alpha value is -3.37. The van der Waals surface area contributed by atoms with Crippen molar-refractivity contribution in [3.63, 3.8) is 0 Å². The summed E-state index contributed by atoms with van der Waals surface area (Å²) in [6.07, 6.45) is 8.86. The minimum Gasteiger partial charge on any atom is -0.444 e. The molecule has 1 aromatic carbocycles. The lowest BCUT2D eigenvalue weighted by Crippen LogP contribution is -2.55. The van der Waals surface area contributed by atoms with Crippen LogP contribution >= 0.6 is 11.8 Å². The molecule has 4 aromatic rings. The number of fused-ring (bicyclic) bond motifs is 2. The Balaban J connectivity index is 1.20. The first kappa shape index (κ1) is 25.9. The Morgan fingerprint density at radius 2 is 1.92 bits per heavy atom. The zero-order chi connectivity index (χ0) is 27.2. The van der Waals surface area contributed by atoms with Crippen molar-refractivity contribution in [2.24, 2.45) is 5.41 Å². The van der Waals surface area contributed by atoms with Crippen LogP contribution in [-0.2, 0) is 9.47 Å². The Morgan fingerprint density at radius 1 is 1.10 bits per heavy atom. The van der Waals surface area contributed by atoms with Gasteiger partial charge in [0.15, 0.2) is 5.65 Å². The second-order valence-electron chi connectivity index (χ2n) is 11.5. The van der Waals surface area contributed by atoms with Gasteiger partial charge < -0.3 is 19.7 Å². The number of aromatic nitrogens is 4. The Kier molecular flexibility index (Phi) is 6.63. The molecule has 0 aliphatic carbocycles. The summed E-state index contributed by atoms with van der Waals surface area (Å²) in [6, 6.07) is 10.1. The minimum absolute atomic E-state index is 0.0666. The van der Waals surface area contributed by atoms with Gasteiger partial charge in [-0.3, -0.25) is 9.38 Å². The highest BCUT2D eigenvalue weighted by atomic mass is 32.2. The summed E-state index contributed by atoms with van der Waals surface area (Å²) >= 11 is 1.66. The van der Waals surface area contributed by atoms with Gasteiger partial charge in [0.1, 0.15) is 5.60 Å². The molecule has 2 saturated heterocycles. The molecule has 204 valence electrons. The van der Waals surface area contributed by atoms with Crippen molar-refractivity contribution in [2.45, 2.75) is 68.1 Å². The number of nitrogens with zero attached hydrogens (tertiary/aromatic N) is 5. The van der Waals surface area contributed by atoms with Gasteiger partial charge in [0.05, 0.1) is 29.2 Å². The SMILES string of the molecule is C[C@@H]1OCC2(CCN(c3ncc(Sc4cccc5ncccc45)c4nccn34)CC2)[C@@H]1NC(=O)OC(C)(C)C. The maximum absolute atomic E-state index is 12.6. The molecular weight excluding hydrogens is 512 g/mol. The van der Waals surface area contributed by atoms with Crippen molar-refractivity contribution in [1.82, 2.24) is 24.7 Å². The predicted octanol–water partition coefficient (Wildman–Crippen LogP) is 5.33. The number of piperidine rings is 1. The maximum atomic E-state index is 12.6. The van der Waals surface area contributed by atoms with Crippen molar-refractivity contribution < 1.29 is 14.3 Å². The van der Waals surface area contributed by atoms with Gasteiger partial charge in [0, 0.05) is 53.6 Å². The Morgan fingerprint density at radius 3 is 2.72 bits per heavy atom. The number of hydrogen-bond acceptors (Lipinski definition) is 8. The molecule has 6 rings (SSSR count). The van der Waals surface area contributed by atoms with Crippen LogP contribution in [0.1, 0.15) is 40.5 Å². The third-order valence-electron chi connectivity index (χ3n) is 7.68. The third-order valence-corrected chi connectivity index (χ3v) is 8.76. The summed E-state index contributed by atoms with van der Waals surface area (Å²) in [5.41, 5.74) is 1.19. The van der Waals surface area contributed by atoms with Crippen molar-refractivity contribution in [3.05, 3.63) is 55.1 Å². The van der Waals surface area contributed by atoms with Gasteiger partial charge in [-0.05, 0) is 58.7 Å². The third kappa shape index (κ3) is 5.03. The molecule has 1 amide bonds. The number of nitrogens with one attached hydrogen (secondary N) is 1. The smallest absolute Gasteiger partial charge is 0.407 e. The van der Waals surface area contributed by atoms with E-state index in [9.17, 15) is 4.79 Å². The summed E-state index contributed by atoms with van der Waals surface area (Å²) in [6.45, 7) is 9.91. The van der Waals surface area contributed by atoms with E-state index < -0.39 is 5.60 Å². The van der Waals surface area contributed by atoms with E-state index in [0.29, 0.717) is 6.61 Å². The lowest BCUT2D eigenvalue weighted by Gasteiger charge is -2.43. The van der Waals surface area contributed by atoms with E-state index in [1.54, 1.807) is 11.8 Å². The predicted molar refractivity (Wildman–Crippen MR) is 151 cm³/mol. The van der Waals surface area contributed by atoms with Crippen LogP contribution in [0.3, 0.4) is 0 Å². The van der Waals surface area contributed by atoms with Crippen molar-refractivity contribution in [2.75, 3.05) is 24.6 Å². The van der Waals surface area contributed by atoms with E-state index in [2.05, 4.69) is 36.7 Å². The highest BCUT2D eigenvalue weighted by molar-refractivity contribution is 7.99. The Bertz CT molecular complexity index is 1500. The van der Waals surface area contributed by atoms with Crippen molar-refractivity contribution >= 4 is 40.4 Å². The first-order valence-corrected chi connectivity index (χ1v) is 14.2. The van der Waals surface area contributed by atoms with Crippen LogP contribution in [0, 0.1) is 5.41 Å². The van der Waals surface area contributed by atoms with Crippen LogP contribution in [0.2, 0.25) is 0 Å². The standard InChI is InChI=1S/C29H34N6O3S/c1-19-24(33-27(36)38-28(2,3)4)29(18-37-19)10-14-34(15-11-29)26-32-17-23(25-31-13-16-35(25)26)39-22-9-5-8-21-20(22)7-6-12-30-21/h5-9,12-13,16-17,19,24H,10-11,14-15,18H2,1-4H3,(H,33,36)/t19-,24+/m0/s1. The van der Waals surface area contributed by atoms with E-state index in [1.807, 2.05) is 70.7 Å². The number of rotatable bonds is 4. The number of hydrogen-bond donors (Lipinski definition) is 1. The van der Waals surface area contributed by atoms with E-state index in [4.69, 9.17) is 14.5 Å². The number of ether oxygens (including phenoxy) is 2. The molecule has 0 unspecified atom stereocenters. The number of carbonyl (C=O) groups excluding carboxylic acids is 1. The second kappa shape index (κ2) is 9.98. The molecule has 2 atom stereocenters. The summed E-state index contributed by atoms with van der Waals surface area (Å²) in [5.74, 6) is 0.880. The molecule has 2 aliphatic heterocycles. The average Bonchev–Trinajstić information content (AvgIpc) is 3.51. The molecular formula is C29H34N6O3S. The van der Waals surface area contributed by atoms with Gasteiger partial charge in [-0.15, -0.1) is 0 Å². The summed E-state index contributed by atoms with van der Waals surface area (Å²) in [7, 11) is 0. The van der Waals surface area contributed by atoms with Gasteiger partial charge >= 0.3 is 6.09 Å². The van der Waals surface area contributed by atoms with E-state index in [1.165, 1.54) is 0 Å². The first-order valence-electron chi connectivity index (χ1n) is 13.4. The van der Waals surface area contributed by atoms with E-state index in [-0.39, 0.29) is 23.7 Å². The van der Waals surface area contributed by atoms with Crippen LogP contribution in [-0.4, -0.2) is 62.9 Å². The summed E-state index contributed by atoms with van der Waals surface area (Å²) in [5, 5.41) is 4.24. The van der Waals surface area contributed by atoms with E-state index >= 15 is 0 Å². The second-order valence-corrected chi connectivity index (χ2v) is 12.5. The fraction of sp³-hybridized carbons (Fsp3) is 0.448. The number of alkyl carbamates (subject to hydrolysis) is 1.